The monoisotopic (exact) mass is 287 g/mol. The molecule has 0 aromatic heterocycles. The Balaban J connectivity index is 2.78. The van der Waals surface area contributed by atoms with E-state index >= 15 is 0 Å². The number of esters is 1. The highest BCUT2D eigenvalue weighted by atomic mass is 28.3. The summed E-state index contributed by atoms with van der Waals surface area (Å²) in [5, 5.41) is 2.64. The first-order chi connectivity index (χ1) is 8.62. The molecule has 0 spiro atoms. The lowest BCUT2D eigenvalue weighted by molar-refractivity contribution is -0.175. The first-order valence-electron chi connectivity index (χ1n) is 6.72. The topological polar surface area (TPSA) is 64.6 Å². The van der Waals surface area contributed by atoms with Crippen LogP contribution >= 0.6 is 0 Å². The van der Waals surface area contributed by atoms with E-state index in [0.29, 0.717) is 6.61 Å². The zero-order chi connectivity index (χ0) is 14.8. The maximum Gasteiger partial charge on any atom is 0.304 e. The molecule has 0 bridgehead atoms. The number of nitrogens with one attached hydrogen (secondary N) is 1. The van der Waals surface area contributed by atoms with Crippen molar-refractivity contribution in [3.05, 3.63) is 0 Å². The normalized spacial score (nSPS) is 24.7. The van der Waals surface area contributed by atoms with Gasteiger partial charge in [0.25, 0.3) is 0 Å². The van der Waals surface area contributed by atoms with Gasteiger partial charge in [0, 0.05) is 19.4 Å². The molecule has 1 amide bonds. The van der Waals surface area contributed by atoms with Crippen LogP contribution in [0.5, 0.6) is 0 Å². The second kappa shape index (κ2) is 6.05. The molecule has 3 atom stereocenters. The standard InChI is InChI=1S/C13H25NO4Si/c1-8(15)18-12-10(11(16)14-12)9(13(2,3)4)7-17-19(5)6/h9-10,12,19H,7H2,1-6H3,(H,14,16)/t9-,10-,12-/m1/s1. The maximum atomic E-state index is 11.8. The van der Waals surface area contributed by atoms with Crippen LogP contribution in [0.2, 0.25) is 13.1 Å². The van der Waals surface area contributed by atoms with E-state index in [0.717, 1.165) is 0 Å². The molecule has 1 aliphatic rings. The second-order valence-corrected chi connectivity index (χ2v) is 8.85. The maximum absolute atomic E-state index is 11.8. The predicted molar refractivity (Wildman–Crippen MR) is 75.0 cm³/mol. The molecule has 19 heavy (non-hydrogen) atoms. The number of carbonyl (C=O) groups is 2. The molecule has 0 aromatic carbocycles. The van der Waals surface area contributed by atoms with E-state index in [4.69, 9.17) is 9.16 Å². The van der Waals surface area contributed by atoms with Crippen LogP contribution in [0.15, 0.2) is 0 Å². The highest BCUT2D eigenvalue weighted by Crippen LogP contribution is 2.38. The van der Waals surface area contributed by atoms with Gasteiger partial charge in [-0.2, -0.15) is 0 Å². The Kier molecular flexibility index (Phi) is 5.15. The zero-order valence-electron chi connectivity index (χ0n) is 12.6. The molecule has 1 aliphatic heterocycles. The van der Waals surface area contributed by atoms with Gasteiger partial charge in [-0.25, -0.2) is 0 Å². The van der Waals surface area contributed by atoms with Crippen molar-refractivity contribution in [1.82, 2.24) is 5.32 Å². The van der Waals surface area contributed by atoms with Gasteiger partial charge in [-0.15, -0.1) is 0 Å². The van der Waals surface area contributed by atoms with Gasteiger partial charge in [-0.3, -0.25) is 9.59 Å². The molecule has 1 heterocycles. The minimum Gasteiger partial charge on any atom is -0.441 e. The molecule has 0 unspecified atom stereocenters. The summed E-state index contributed by atoms with van der Waals surface area (Å²) in [5.74, 6) is -0.695. The van der Waals surface area contributed by atoms with Gasteiger partial charge < -0.3 is 14.5 Å². The number of ether oxygens (including phenoxy) is 1. The van der Waals surface area contributed by atoms with Crippen molar-refractivity contribution in [2.75, 3.05) is 6.61 Å². The molecular formula is C13H25NO4Si. The summed E-state index contributed by atoms with van der Waals surface area (Å²) in [6.45, 7) is 12.3. The van der Waals surface area contributed by atoms with E-state index in [-0.39, 0.29) is 29.1 Å². The third-order valence-corrected chi connectivity index (χ3v) is 4.22. The molecular weight excluding hydrogens is 262 g/mol. The van der Waals surface area contributed by atoms with Crippen LogP contribution in [0.25, 0.3) is 0 Å². The summed E-state index contributed by atoms with van der Waals surface area (Å²) in [6.07, 6.45) is -0.508. The van der Waals surface area contributed by atoms with E-state index in [1.807, 2.05) is 0 Å². The van der Waals surface area contributed by atoms with E-state index in [2.05, 4.69) is 39.2 Å². The summed E-state index contributed by atoms with van der Waals surface area (Å²) in [7, 11) is -1.14. The number of β-lactam (4-membered cyclic amide) rings is 1. The van der Waals surface area contributed by atoms with Gasteiger partial charge >= 0.3 is 5.97 Å². The summed E-state index contributed by atoms with van der Waals surface area (Å²) in [4.78, 5) is 22.8. The molecule has 0 aromatic rings. The molecule has 1 rings (SSSR count). The Morgan fingerprint density at radius 1 is 1.42 bits per heavy atom. The van der Waals surface area contributed by atoms with Crippen molar-refractivity contribution in [2.45, 2.75) is 47.0 Å². The van der Waals surface area contributed by atoms with Gasteiger partial charge in [-0.1, -0.05) is 20.8 Å². The minimum absolute atomic E-state index is 0.0421. The van der Waals surface area contributed by atoms with Crippen LogP contribution in [0.4, 0.5) is 0 Å². The molecule has 1 saturated heterocycles. The highest BCUT2D eigenvalue weighted by molar-refractivity contribution is 6.48. The van der Waals surface area contributed by atoms with Crippen LogP contribution in [0.3, 0.4) is 0 Å². The lowest BCUT2D eigenvalue weighted by Crippen LogP contribution is -2.64. The summed E-state index contributed by atoms with van der Waals surface area (Å²) >= 11 is 0. The molecule has 0 saturated carbocycles. The van der Waals surface area contributed by atoms with E-state index in [9.17, 15) is 9.59 Å². The van der Waals surface area contributed by atoms with Crippen LogP contribution in [0.1, 0.15) is 27.7 Å². The smallest absolute Gasteiger partial charge is 0.304 e. The van der Waals surface area contributed by atoms with E-state index in [1.165, 1.54) is 6.92 Å². The second-order valence-electron chi connectivity index (χ2n) is 6.42. The fourth-order valence-electron chi connectivity index (χ4n) is 2.23. The molecule has 0 aliphatic carbocycles. The van der Waals surface area contributed by atoms with Gasteiger partial charge in [0.2, 0.25) is 5.91 Å². The van der Waals surface area contributed by atoms with Gasteiger partial charge in [-0.05, 0) is 18.5 Å². The van der Waals surface area contributed by atoms with E-state index < -0.39 is 15.3 Å². The lowest BCUT2D eigenvalue weighted by Gasteiger charge is -2.45. The van der Waals surface area contributed by atoms with Crippen molar-refractivity contribution in [3.63, 3.8) is 0 Å². The zero-order valence-corrected chi connectivity index (χ0v) is 13.8. The molecule has 5 nitrogen and oxygen atoms in total. The molecule has 110 valence electrons. The summed E-state index contributed by atoms with van der Waals surface area (Å²) in [6, 6.07) is 0. The van der Waals surface area contributed by atoms with Gasteiger partial charge in [0.15, 0.2) is 15.3 Å². The van der Waals surface area contributed by atoms with Crippen LogP contribution in [0, 0.1) is 17.3 Å². The Morgan fingerprint density at radius 2 is 2.00 bits per heavy atom. The summed E-state index contributed by atoms with van der Waals surface area (Å²) in [5.41, 5.74) is -0.0793. The Hall–Kier alpha value is -0.883. The molecule has 1 N–H and O–H groups in total. The number of amides is 1. The molecule has 0 radical (unpaired) electrons. The third-order valence-electron chi connectivity index (χ3n) is 3.36. The Morgan fingerprint density at radius 3 is 2.37 bits per heavy atom. The van der Waals surface area contributed by atoms with Crippen molar-refractivity contribution in [2.24, 2.45) is 17.3 Å². The molecule has 6 heteroatoms. The predicted octanol–water partition coefficient (Wildman–Crippen LogP) is 1.28. The highest BCUT2D eigenvalue weighted by Gasteiger charge is 2.50. The lowest BCUT2D eigenvalue weighted by atomic mass is 9.70. The number of hydrogen-bond acceptors (Lipinski definition) is 4. The van der Waals surface area contributed by atoms with Crippen molar-refractivity contribution in [1.29, 1.82) is 0 Å². The molecule has 1 fully saturated rings. The number of hydrogen-bond donors (Lipinski definition) is 1. The third kappa shape index (κ3) is 4.31. The largest absolute Gasteiger partial charge is 0.441 e. The van der Waals surface area contributed by atoms with Gasteiger partial charge in [0.1, 0.15) is 0 Å². The first kappa shape index (κ1) is 16.2. The van der Waals surface area contributed by atoms with Crippen molar-refractivity contribution in [3.8, 4) is 0 Å². The summed E-state index contributed by atoms with van der Waals surface area (Å²) < 4.78 is 10.9. The number of carbonyl (C=O) groups excluding carboxylic acids is 2. The fourth-order valence-corrected chi connectivity index (χ4v) is 2.82. The average molecular weight is 287 g/mol. The fraction of sp³-hybridized carbons (Fsp3) is 0.846. The Bertz CT molecular complexity index is 351. The van der Waals surface area contributed by atoms with Crippen LogP contribution in [-0.2, 0) is 18.8 Å². The minimum atomic E-state index is -1.14. The number of rotatable bonds is 5. The average Bonchev–Trinajstić information content (AvgIpc) is 2.20. The van der Waals surface area contributed by atoms with Crippen LogP contribution < -0.4 is 5.32 Å². The van der Waals surface area contributed by atoms with E-state index in [1.54, 1.807) is 0 Å². The first-order valence-corrected chi connectivity index (χ1v) is 9.50. The quantitative estimate of drug-likeness (QED) is 0.470. The van der Waals surface area contributed by atoms with Crippen LogP contribution in [-0.4, -0.2) is 33.8 Å². The van der Waals surface area contributed by atoms with Gasteiger partial charge in [0.05, 0.1) is 5.92 Å². The Labute approximate surface area is 116 Å². The van der Waals surface area contributed by atoms with Crippen molar-refractivity contribution < 1.29 is 18.8 Å². The van der Waals surface area contributed by atoms with Crippen molar-refractivity contribution >= 4 is 20.9 Å². The SMILES string of the molecule is CC(=O)O[C@H]1NC(=O)[C@H]1[C@@H](CO[SiH](C)C)C(C)(C)C.